The van der Waals surface area contributed by atoms with E-state index in [1.165, 1.54) is 18.5 Å². The van der Waals surface area contributed by atoms with E-state index in [4.69, 9.17) is 5.73 Å². The molecule has 0 bridgehead atoms. The van der Waals surface area contributed by atoms with Crippen molar-refractivity contribution in [1.82, 2.24) is 9.97 Å². The van der Waals surface area contributed by atoms with Gasteiger partial charge in [0.15, 0.2) is 11.6 Å². The van der Waals surface area contributed by atoms with Gasteiger partial charge in [0.05, 0.1) is 5.69 Å². The van der Waals surface area contributed by atoms with E-state index in [1.54, 1.807) is 6.92 Å². The molecule has 0 spiro atoms. The molecule has 0 radical (unpaired) electrons. The van der Waals surface area contributed by atoms with Crippen molar-refractivity contribution in [2.45, 2.75) is 6.92 Å². The molecule has 82 valence electrons. The smallest absolute Gasteiger partial charge is 0.168 e. The van der Waals surface area contributed by atoms with E-state index < -0.39 is 11.6 Å². The zero-order valence-electron chi connectivity index (χ0n) is 8.54. The molecule has 0 fully saturated rings. The predicted octanol–water partition coefficient (Wildman–Crippen LogP) is 2.31. The lowest BCUT2D eigenvalue weighted by molar-refractivity contribution is 0.511. The third kappa shape index (κ3) is 1.60. The van der Waals surface area contributed by atoms with Crippen molar-refractivity contribution in [3.63, 3.8) is 0 Å². The van der Waals surface area contributed by atoms with Crippen molar-refractivity contribution in [2.75, 3.05) is 5.73 Å². The number of aromatic nitrogens is 2. The predicted molar refractivity (Wildman–Crippen MR) is 56.5 cm³/mol. The van der Waals surface area contributed by atoms with Crippen LogP contribution in [0.1, 0.15) is 5.56 Å². The average molecular weight is 221 g/mol. The van der Waals surface area contributed by atoms with Crippen LogP contribution in [0, 0.1) is 18.6 Å². The van der Waals surface area contributed by atoms with Gasteiger partial charge in [-0.15, -0.1) is 0 Å². The number of anilines is 1. The maximum absolute atomic E-state index is 13.5. The second-order valence-electron chi connectivity index (χ2n) is 3.33. The van der Waals surface area contributed by atoms with E-state index in [2.05, 4.69) is 9.97 Å². The SMILES string of the molecule is Cc1c(N)ncnc1-c1cccc(F)c1F. The van der Waals surface area contributed by atoms with Gasteiger partial charge in [-0.2, -0.15) is 0 Å². The molecule has 0 aliphatic heterocycles. The van der Waals surface area contributed by atoms with Crippen LogP contribution in [0.2, 0.25) is 0 Å². The lowest BCUT2D eigenvalue weighted by atomic mass is 10.1. The molecule has 5 heteroatoms. The highest BCUT2D eigenvalue weighted by atomic mass is 19.2. The number of nitrogens with zero attached hydrogens (tertiary/aromatic N) is 2. The number of benzene rings is 1. The minimum atomic E-state index is -0.927. The number of rotatable bonds is 1. The van der Waals surface area contributed by atoms with Crippen LogP contribution in [-0.2, 0) is 0 Å². The molecular formula is C11H9F2N3. The molecule has 2 aromatic rings. The van der Waals surface area contributed by atoms with Crippen LogP contribution in [0.5, 0.6) is 0 Å². The van der Waals surface area contributed by atoms with Crippen molar-refractivity contribution >= 4 is 5.82 Å². The summed E-state index contributed by atoms with van der Waals surface area (Å²) in [6.45, 7) is 1.66. The second kappa shape index (κ2) is 3.84. The van der Waals surface area contributed by atoms with Gasteiger partial charge in [0.25, 0.3) is 0 Å². The minimum Gasteiger partial charge on any atom is -0.383 e. The van der Waals surface area contributed by atoms with Crippen molar-refractivity contribution in [1.29, 1.82) is 0 Å². The Bertz CT molecular complexity index is 491. The van der Waals surface area contributed by atoms with Crippen LogP contribution in [0.3, 0.4) is 0 Å². The van der Waals surface area contributed by atoms with Gasteiger partial charge in [0.1, 0.15) is 12.1 Å². The van der Waals surface area contributed by atoms with E-state index in [-0.39, 0.29) is 11.4 Å². The topological polar surface area (TPSA) is 51.8 Å². The third-order valence-corrected chi connectivity index (χ3v) is 2.33. The van der Waals surface area contributed by atoms with Gasteiger partial charge in [-0.05, 0) is 19.1 Å². The van der Waals surface area contributed by atoms with Crippen LogP contribution in [0.15, 0.2) is 24.5 Å². The van der Waals surface area contributed by atoms with Crippen LogP contribution in [-0.4, -0.2) is 9.97 Å². The minimum absolute atomic E-state index is 0.0894. The van der Waals surface area contributed by atoms with Gasteiger partial charge in [-0.3, -0.25) is 0 Å². The molecule has 3 nitrogen and oxygen atoms in total. The highest BCUT2D eigenvalue weighted by Crippen LogP contribution is 2.26. The monoisotopic (exact) mass is 221 g/mol. The molecule has 0 aliphatic rings. The van der Waals surface area contributed by atoms with Gasteiger partial charge < -0.3 is 5.73 Å². The quantitative estimate of drug-likeness (QED) is 0.803. The van der Waals surface area contributed by atoms with Crippen molar-refractivity contribution < 1.29 is 8.78 Å². The molecule has 0 saturated heterocycles. The summed E-state index contributed by atoms with van der Waals surface area (Å²) in [5.41, 5.74) is 6.51. The summed E-state index contributed by atoms with van der Waals surface area (Å²) < 4.78 is 26.6. The van der Waals surface area contributed by atoms with Crippen molar-refractivity contribution in [2.24, 2.45) is 0 Å². The number of nitrogen functional groups attached to an aromatic ring is 1. The average Bonchev–Trinajstić information content (AvgIpc) is 2.27. The first-order chi connectivity index (χ1) is 7.61. The first kappa shape index (κ1) is 10.5. The Labute approximate surface area is 91.0 Å². The Morgan fingerprint density at radius 1 is 1.19 bits per heavy atom. The maximum Gasteiger partial charge on any atom is 0.168 e. The van der Waals surface area contributed by atoms with E-state index in [9.17, 15) is 8.78 Å². The van der Waals surface area contributed by atoms with E-state index >= 15 is 0 Å². The summed E-state index contributed by atoms with van der Waals surface area (Å²) in [5, 5.41) is 0. The molecule has 0 saturated carbocycles. The van der Waals surface area contributed by atoms with Gasteiger partial charge in [0.2, 0.25) is 0 Å². The number of halogens is 2. The largest absolute Gasteiger partial charge is 0.383 e. The first-order valence-electron chi connectivity index (χ1n) is 4.62. The Hall–Kier alpha value is -2.04. The second-order valence-corrected chi connectivity index (χ2v) is 3.33. The zero-order valence-corrected chi connectivity index (χ0v) is 8.54. The fourth-order valence-corrected chi connectivity index (χ4v) is 1.42. The molecule has 2 rings (SSSR count). The maximum atomic E-state index is 13.5. The first-order valence-corrected chi connectivity index (χ1v) is 4.62. The molecule has 0 atom stereocenters. The number of hydrogen-bond donors (Lipinski definition) is 1. The van der Waals surface area contributed by atoms with Crippen LogP contribution in [0.25, 0.3) is 11.3 Å². The Kier molecular flexibility index (Phi) is 2.52. The molecule has 1 aromatic carbocycles. The van der Waals surface area contributed by atoms with Crippen LogP contribution >= 0.6 is 0 Å². The lowest BCUT2D eigenvalue weighted by Crippen LogP contribution is -2.00. The van der Waals surface area contributed by atoms with E-state index in [0.29, 0.717) is 11.3 Å². The molecule has 1 aromatic heterocycles. The molecule has 0 unspecified atom stereocenters. The summed E-state index contributed by atoms with van der Waals surface area (Å²) in [6, 6.07) is 3.93. The molecule has 0 amide bonds. The number of hydrogen-bond acceptors (Lipinski definition) is 3. The molecule has 1 heterocycles. The summed E-state index contributed by atoms with van der Waals surface area (Å²) in [7, 11) is 0. The fraction of sp³-hybridized carbons (Fsp3) is 0.0909. The van der Waals surface area contributed by atoms with Crippen molar-refractivity contribution in [3.8, 4) is 11.3 Å². The molecular weight excluding hydrogens is 212 g/mol. The Morgan fingerprint density at radius 3 is 2.69 bits per heavy atom. The summed E-state index contributed by atoms with van der Waals surface area (Å²) in [4.78, 5) is 7.68. The fourth-order valence-electron chi connectivity index (χ4n) is 1.42. The van der Waals surface area contributed by atoms with Gasteiger partial charge in [-0.1, -0.05) is 6.07 Å². The number of nitrogens with two attached hydrogens (primary N) is 1. The standard InChI is InChI=1S/C11H9F2N3/c1-6-10(15-5-16-11(6)14)7-3-2-4-8(12)9(7)13/h2-5H,1H3,(H2,14,15,16). The van der Waals surface area contributed by atoms with Gasteiger partial charge in [0, 0.05) is 11.1 Å². The van der Waals surface area contributed by atoms with Crippen LogP contribution < -0.4 is 5.73 Å². The third-order valence-electron chi connectivity index (χ3n) is 2.33. The van der Waals surface area contributed by atoms with Gasteiger partial charge >= 0.3 is 0 Å². The summed E-state index contributed by atoms with van der Waals surface area (Å²) >= 11 is 0. The molecule has 0 aliphatic carbocycles. The lowest BCUT2D eigenvalue weighted by Gasteiger charge is -2.07. The van der Waals surface area contributed by atoms with Gasteiger partial charge in [-0.25, -0.2) is 18.7 Å². The summed E-state index contributed by atoms with van der Waals surface area (Å²) in [6.07, 6.45) is 1.22. The highest BCUT2D eigenvalue weighted by molar-refractivity contribution is 5.67. The Morgan fingerprint density at radius 2 is 1.94 bits per heavy atom. The molecule has 2 N–H and O–H groups in total. The van der Waals surface area contributed by atoms with E-state index in [0.717, 1.165) is 6.07 Å². The highest BCUT2D eigenvalue weighted by Gasteiger charge is 2.14. The Balaban J connectivity index is 2.68. The van der Waals surface area contributed by atoms with Crippen molar-refractivity contribution in [3.05, 3.63) is 41.7 Å². The molecule has 16 heavy (non-hydrogen) atoms. The zero-order chi connectivity index (χ0) is 11.7. The van der Waals surface area contributed by atoms with Crippen LogP contribution in [0.4, 0.5) is 14.6 Å². The van der Waals surface area contributed by atoms with E-state index in [1.807, 2.05) is 0 Å². The summed E-state index contributed by atoms with van der Waals surface area (Å²) in [5.74, 6) is -1.58. The normalized spacial score (nSPS) is 10.4.